The van der Waals surface area contributed by atoms with Gasteiger partial charge < -0.3 is 5.32 Å². The Labute approximate surface area is 116 Å². The number of aromatic nitrogens is 2. The molecule has 106 valence electrons. The highest BCUT2D eigenvalue weighted by molar-refractivity contribution is 5.02. The molecule has 1 heterocycles. The summed E-state index contributed by atoms with van der Waals surface area (Å²) in [5.74, 6) is 2.89. The Bertz CT molecular complexity index is 429. The summed E-state index contributed by atoms with van der Waals surface area (Å²) in [7, 11) is 0. The fraction of sp³-hybridized carbons (Fsp3) is 0.812. The Kier molecular flexibility index (Phi) is 3.42. The van der Waals surface area contributed by atoms with Gasteiger partial charge in [0.2, 0.25) is 0 Å². The predicted octanol–water partition coefficient (Wildman–Crippen LogP) is 3.21. The molecular formula is C16H27N3. The zero-order valence-corrected chi connectivity index (χ0v) is 12.5. The molecule has 0 aliphatic heterocycles. The van der Waals surface area contributed by atoms with Gasteiger partial charge in [0, 0.05) is 24.8 Å². The van der Waals surface area contributed by atoms with E-state index >= 15 is 0 Å². The molecule has 3 heteroatoms. The van der Waals surface area contributed by atoms with Crippen LogP contribution in [0.1, 0.15) is 52.1 Å². The van der Waals surface area contributed by atoms with E-state index in [1.54, 1.807) is 0 Å². The van der Waals surface area contributed by atoms with Gasteiger partial charge in [-0.05, 0) is 63.9 Å². The summed E-state index contributed by atoms with van der Waals surface area (Å²) in [6.07, 6.45) is 7.83. The Balaban J connectivity index is 1.61. The lowest BCUT2D eigenvalue weighted by atomic mass is 9.89. The van der Waals surface area contributed by atoms with Gasteiger partial charge in [0.1, 0.15) is 0 Å². The van der Waals surface area contributed by atoms with E-state index in [9.17, 15) is 0 Å². The quantitative estimate of drug-likeness (QED) is 0.902. The Morgan fingerprint density at radius 3 is 2.79 bits per heavy atom. The predicted molar refractivity (Wildman–Crippen MR) is 77.8 cm³/mol. The van der Waals surface area contributed by atoms with Crippen molar-refractivity contribution in [1.82, 2.24) is 15.1 Å². The highest BCUT2D eigenvalue weighted by Gasteiger charge is 2.39. The molecule has 2 aliphatic carbocycles. The van der Waals surface area contributed by atoms with E-state index in [0.717, 1.165) is 30.8 Å². The molecule has 19 heavy (non-hydrogen) atoms. The summed E-state index contributed by atoms with van der Waals surface area (Å²) < 4.78 is 2.24. The molecule has 3 unspecified atom stereocenters. The fourth-order valence-corrected chi connectivity index (χ4v) is 3.85. The first-order valence-electron chi connectivity index (χ1n) is 7.77. The highest BCUT2D eigenvalue weighted by atomic mass is 15.3. The van der Waals surface area contributed by atoms with Crippen LogP contribution in [0.4, 0.5) is 0 Å². The van der Waals surface area contributed by atoms with Crippen LogP contribution in [0.15, 0.2) is 12.3 Å². The normalized spacial score (nSPS) is 30.2. The van der Waals surface area contributed by atoms with E-state index in [1.165, 1.54) is 31.4 Å². The Morgan fingerprint density at radius 1 is 1.32 bits per heavy atom. The molecule has 1 N–H and O–H groups in total. The van der Waals surface area contributed by atoms with Gasteiger partial charge in [-0.3, -0.25) is 4.68 Å². The molecule has 0 spiro atoms. The maximum atomic E-state index is 4.54. The number of rotatable bonds is 4. The molecule has 2 saturated carbocycles. The van der Waals surface area contributed by atoms with Crippen LogP contribution in [0, 0.1) is 17.8 Å². The van der Waals surface area contributed by atoms with Crippen LogP contribution in [0.3, 0.4) is 0 Å². The molecule has 2 fully saturated rings. The van der Waals surface area contributed by atoms with Crippen molar-refractivity contribution in [3.8, 4) is 0 Å². The number of nitrogens with zero attached hydrogens (tertiary/aromatic N) is 2. The van der Waals surface area contributed by atoms with Gasteiger partial charge in [-0.25, -0.2) is 0 Å². The van der Waals surface area contributed by atoms with Crippen LogP contribution in [0.5, 0.6) is 0 Å². The van der Waals surface area contributed by atoms with Crippen LogP contribution in [0.2, 0.25) is 0 Å². The van der Waals surface area contributed by atoms with Gasteiger partial charge in [-0.15, -0.1) is 0 Å². The van der Waals surface area contributed by atoms with Crippen LogP contribution in [0.25, 0.3) is 0 Å². The second-order valence-electron chi connectivity index (χ2n) is 7.54. The summed E-state index contributed by atoms with van der Waals surface area (Å²) >= 11 is 0. The Hall–Kier alpha value is -0.830. The van der Waals surface area contributed by atoms with Gasteiger partial charge in [-0.2, -0.15) is 5.10 Å². The summed E-state index contributed by atoms with van der Waals surface area (Å²) in [6.45, 7) is 8.69. The van der Waals surface area contributed by atoms with Gasteiger partial charge in [0.25, 0.3) is 0 Å². The average Bonchev–Trinajstić information content (AvgIpc) is 3.01. The molecule has 0 saturated heterocycles. The summed E-state index contributed by atoms with van der Waals surface area (Å²) in [5.41, 5.74) is 1.50. The topological polar surface area (TPSA) is 29.9 Å². The smallest absolute Gasteiger partial charge is 0.0522 e. The van der Waals surface area contributed by atoms with E-state index in [2.05, 4.69) is 41.9 Å². The molecule has 0 radical (unpaired) electrons. The van der Waals surface area contributed by atoms with Crippen molar-refractivity contribution in [2.45, 2.75) is 65.1 Å². The van der Waals surface area contributed by atoms with Crippen LogP contribution in [-0.2, 0) is 13.1 Å². The van der Waals surface area contributed by atoms with Crippen molar-refractivity contribution >= 4 is 0 Å². The third-order valence-electron chi connectivity index (χ3n) is 4.90. The summed E-state index contributed by atoms with van der Waals surface area (Å²) in [6, 6.07) is 2.16. The minimum Gasteiger partial charge on any atom is -0.306 e. The molecule has 0 aromatic carbocycles. The van der Waals surface area contributed by atoms with Crippen LogP contribution >= 0.6 is 0 Å². The monoisotopic (exact) mass is 261 g/mol. The molecular weight excluding hydrogens is 234 g/mol. The third kappa shape index (κ3) is 3.02. The van der Waals surface area contributed by atoms with Gasteiger partial charge in [0.05, 0.1) is 5.69 Å². The number of hydrogen-bond acceptors (Lipinski definition) is 2. The molecule has 3 nitrogen and oxygen atoms in total. The molecule has 3 atom stereocenters. The van der Waals surface area contributed by atoms with Crippen LogP contribution in [-0.4, -0.2) is 15.3 Å². The zero-order valence-electron chi connectivity index (χ0n) is 12.5. The van der Waals surface area contributed by atoms with Crippen molar-refractivity contribution in [1.29, 1.82) is 0 Å². The van der Waals surface area contributed by atoms with Gasteiger partial charge in [0.15, 0.2) is 0 Å². The largest absolute Gasteiger partial charge is 0.306 e. The first-order chi connectivity index (χ1) is 9.01. The van der Waals surface area contributed by atoms with E-state index < -0.39 is 0 Å². The first-order valence-corrected chi connectivity index (χ1v) is 7.77. The minimum absolute atomic E-state index is 0.168. The molecule has 2 aliphatic rings. The van der Waals surface area contributed by atoms with Crippen molar-refractivity contribution in [3.05, 3.63) is 18.0 Å². The van der Waals surface area contributed by atoms with Crippen molar-refractivity contribution in [2.24, 2.45) is 17.8 Å². The average molecular weight is 261 g/mol. The lowest BCUT2D eigenvalue weighted by Crippen LogP contribution is -2.36. The van der Waals surface area contributed by atoms with Crippen molar-refractivity contribution in [3.63, 3.8) is 0 Å². The fourth-order valence-electron chi connectivity index (χ4n) is 3.85. The van der Waals surface area contributed by atoms with Crippen LogP contribution < -0.4 is 5.32 Å². The Morgan fingerprint density at radius 2 is 2.16 bits per heavy atom. The molecule has 3 rings (SSSR count). The first kappa shape index (κ1) is 13.2. The van der Waals surface area contributed by atoms with E-state index in [0.29, 0.717) is 0 Å². The van der Waals surface area contributed by atoms with E-state index in [1.807, 2.05) is 6.20 Å². The lowest BCUT2D eigenvalue weighted by molar-refractivity contribution is 0.280. The standard InChI is InChI=1S/C16H27N3/c1-16(2,3)17-10-15-6-7-18-19(15)11-14-9-12-4-5-13(14)8-12/h6-7,12-14,17H,4-5,8-11H2,1-3H3. The number of fused-ring (bicyclic) bond motifs is 2. The molecule has 1 aromatic heterocycles. The van der Waals surface area contributed by atoms with Gasteiger partial charge in [-0.1, -0.05) is 6.42 Å². The van der Waals surface area contributed by atoms with Gasteiger partial charge >= 0.3 is 0 Å². The summed E-state index contributed by atoms with van der Waals surface area (Å²) in [4.78, 5) is 0. The second-order valence-corrected chi connectivity index (χ2v) is 7.54. The maximum Gasteiger partial charge on any atom is 0.0522 e. The van der Waals surface area contributed by atoms with Crippen molar-refractivity contribution < 1.29 is 0 Å². The van der Waals surface area contributed by atoms with Crippen molar-refractivity contribution in [2.75, 3.05) is 0 Å². The van der Waals surface area contributed by atoms with E-state index in [4.69, 9.17) is 0 Å². The molecule has 2 bridgehead atoms. The number of hydrogen-bond donors (Lipinski definition) is 1. The zero-order chi connectivity index (χ0) is 13.5. The minimum atomic E-state index is 0.168. The maximum absolute atomic E-state index is 4.54. The summed E-state index contributed by atoms with van der Waals surface area (Å²) in [5, 5.41) is 8.10. The second kappa shape index (κ2) is 4.93. The third-order valence-corrected chi connectivity index (χ3v) is 4.90. The number of nitrogens with one attached hydrogen (secondary N) is 1. The molecule has 1 aromatic rings. The highest BCUT2D eigenvalue weighted by Crippen LogP contribution is 2.48. The SMILES string of the molecule is CC(C)(C)NCc1ccnn1CC1CC2CCC1C2. The van der Waals surface area contributed by atoms with E-state index in [-0.39, 0.29) is 5.54 Å². The lowest BCUT2D eigenvalue weighted by Gasteiger charge is -2.24. The molecule has 0 amide bonds.